The van der Waals surface area contributed by atoms with Gasteiger partial charge in [0.2, 0.25) is 0 Å². The van der Waals surface area contributed by atoms with Crippen LogP contribution in [0, 0.1) is 0 Å². The molecule has 0 amide bonds. The highest BCUT2D eigenvalue weighted by molar-refractivity contribution is 9.08. The second-order valence-electron chi connectivity index (χ2n) is 1.61. The van der Waals surface area contributed by atoms with Crippen molar-refractivity contribution in [1.29, 1.82) is 0 Å². The quantitative estimate of drug-likeness (QED) is 0.525. The fraction of sp³-hybridized carbons (Fsp3) is 0.167. The molecule has 48 valence electrons. The summed E-state index contributed by atoms with van der Waals surface area (Å²) in [6.45, 7) is 0. The zero-order chi connectivity index (χ0) is 6.69. The van der Waals surface area contributed by atoms with Gasteiger partial charge < -0.3 is 4.42 Å². The predicted octanol–water partition coefficient (Wildman–Crippen LogP) is 1.99. The Morgan fingerprint density at radius 2 is 2.56 bits per heavy atom. The molecule has 0 saturated heterocycles. The highest BCUT2D eigenvalue weighted by Crippen LogP contribution is 2.08. The molecule has 3 heteroatoms. The Kier molecular flexibility index (Phi) is 2.05. The number of hydrogen-bond acceptors (Lipinski definition) is 2. The van der Waals surface area contributed by atoms with Gasteiger partial charge in [-0.25, -0.2) is 0 Å². The van der Waals surface area contributed by atoms with Crippen molar-refractivity contribution in [2.45, 2.75) is 5.33 Å². The normalized spacial score (nSPS) is 9.44. The fourth-order valence-electron chi connectivity index (χ4n) is 0.526. The lowest BCUT2D eigenvalue weighted by Gasteiger charge is -1.75. The molecule has 0 aliphatic heterocycles. The summed E-state index contributed by atoms with van der Waals surface area (Å²) < 4.78 is 4.81. The van der Waals surface area contributed by atoms with Crippen LogP contribution in [0.3, 0.4) is 0 Å². The highest BCUT2D eigenvalue weighted by atomic mass is 79.9. The number of aldehydes is 1. The Morgan fingerprint density at radius 1 is 1.78 bits per heavy atom. The summed E-state index contributed by atoms with van der Waals surface area (Å²) >= 11 is 3.22. The standard InChI is InChI=1S/C6H5BrO2/c7-2-5-1-6(3-8)9-4-5/h1,3-4H,2H2. The van der Waals surface area contributed by atoms with Crippen LogP contribution in [0.25, 0.3) is 0 Å². The van der Waals surface area contributed by atoms with Gasteiger partial charge in [-0.15, -0.1) is 0 Å². The number of carbonyl (C=O) groups excluding carboxylic acids is 1. The number of hydrogen-bond donors (Lipinski definition) is 0. The minimum Gasteiger partial charge on any atom is -0.461 e. The van der Waals surface area contributed by atoms with Crippen LogP contribution >= 0.6 is 15.9 Å². The molecule has 0 unspecified atom stereocenters. The lowest BCUT2D eigenvalue weighted by molar-refractivity contribution is 0.110. The second-order valence-corrected chi connectivity index (χ2v) is 2.17. The summed E-state index contributed by atoms with van der Waals surface area (Å²) in [6.07, 6.45) is 2.24. The van der Waals surface area contributed by atoms with E-state index < -0.39 is 0 Å². The van der Waals surface area contributed by atoms with Crippen LogP contribution < -0.4 is 0 Å². The van der Waals surface area contributed by atoms with Crippen LogP contribution in [0.5, 0.6) is 0 Å². The summed E-state index contributed by atoms with van der Waals surface area (Å²) in [6, 6.07) is 1.70. The van der Waals surface area contributed by atoms with E-state index in [2.05, 4.69) is 15.9 Å². The molecule has 0 spiro atoms. The molecule has 0 aromatic carbocycles. The monoisotopic (exact) mass is 188 g/mol. The molecule has 0 fully saturated rings. The van der Waals surface area contributed by atoms with Crippen LogP contribution in [0.2, 0.25) is 0 Å². The van der Waals surface area contributed by atoms with Gasteiger partial charge in [-0.3, -0.25) is 4.79 Å². The molecule has 0 N–H and O–H groups in total. The van der Waals surface area contributed by atoms with Gasteiger partial charge in [0.15, 0.2) is 12.0 Å². The summed E-state index contributed by atoms with van der Waals surface area (Å²) in [4.78, 5) is 10.0. The van der Waals surface area contributed by atoms with E-state index in [0.29, 0.717) is 12.0 Å². The van der Waals surface area contributed by atoms with Crippen molar-refractivity contribution >= 4 is 22.2 Å². The Balaban J connectivity index is 2.86. The molecule has 0 aliphatic carbocycles. The molecule has 2 nitrogen and oxygen atoms in total. The number of carbonyl (C=O) groups is 1. The highest BCUT2D eigenvalue weighted by Gasteiger charge is 1.96. The number of halogens is 1. The first kappa shape index (κ1) is 6.55. The Bertz CT molecular complexity index is 205. The third-order valence-electron chi connectivity index (χ3n) is 0.944. The van der Waals surface area contributed by atoms with Crippen LogP contribution in [-0.4, -0.2) is 6.29 Å². The molecule has 1 aromatic heterocycles. The average Bonchev–Trinajstić information content (AvgIpc) is 2.34. The first-order valence-electron chi connectivity index (χ1n) is 2.45. The predicted molar refractivity (Wildman–Crippen MR) is 36.7 cm³/mol. The minimum atomic E-state index is 0.379. The number of alkyl halides is 1. The number of furan rings is 1. The van der Waals surface area contributed by atoms with E-state index in [1.165, 1.54) is 0 Å². The summed E-state index contributed by atoms with van der Waals surface area (Å²) in [5.41, 5.74) is 0.983. The minimum absolute atomic E-state index is 0.379. The molecule has 9 heavy (non-hydrogen) atoms. The van der Waals surface area contributed by atoms with Crippen molar-refractivity contribution in [3.05, 3.63) is 23.7 Å². The van der Waals surface area contributed by atoms with Gasteiger partial charge in [0.05, 0.1) is 6.26 Å². The van der Waals surface area contributed by atoms with E-state index in [1.54, 1.807) is 12.3 Å². The van der Waals surface area contributed by atoms with Gasteiger partial charge in [-0.2, -0.15) is 0 Å². The largest absolute Gasteiger partial charge is 0.461 e. The first-order chi connectivity index (χ1) is 4.36. The van der Waals surface area contributed by atoms with Gasteiger partial charge in [0, 0.05) is 10.9 Å². The summed E-state index contributed by atoms with van der Waals surface area (Å²) in [5, 5.41) is 0.727. The molecule has 0 radical (unpaired) electrons. The Labute approximate surface area is 61.0 Å². The maximum Gasteiger partial charge on any atom is 0.185 e. The molecule has 0 bridgehead atoms. The molecule has 1 rings (SSSR count). The summed E-state index contributed by atoms with van der Waals surface area (Å²) in [7, 11) is 0. The van der Waals surface area contributed by atoms with Gasteiger partial charge in [-0.1, -0.05) is 15.9 Å². The van der Waals surface area contributed by atoms with E-state index >= 15 is 0 Å². The smallest absolute Gasteiger partial charge is 0.185 e. The second kappa shape index (κ2) is 2.82. The van der Waals surface area contributed by atoms with Crippen LogP contribution in [0.15, 0.2) is 16.7 Å². The van der Waals surface area contributed by atoms with Gasteiger partial charge in [0.1, 0.15) is 0 Å². The molecular weight excluding hydrogens is 184 g/mol. The Morgan fingerprint density at radius 3 is 2.89 bits per heavy atom. The maximum absolute atomic E-state index is 10.0. The van der Waals surface area contributed by atoms with E-state index in [-0.39, 0.29) is 0 Å². The lowest BCUT2D eigenvalue weighted by atomic mass is 10.3. The molecule has 0 saturated carbocycles. The maximum atomic E-state index is 10.0. The van der Waals surface area contributed by atoms with Crippen molar-refractivity contribution in [3.8, 4) is 0 Å². The zero-order valence-electron chi connectivity index (χ0n) is 4.63. The van der Waals surface area contributed by atoms with Gasteiger partial charge in [-0.05, 0) is 6.07 Å². The van der Waals surface area contributed by atoms with E-state index in [9.17, 15) is 4.79 Å². The summed E-state index contributed by atoms with van der Waals surface area (Å²) in [5.74, 6) is 0.379. The number of rotatable bonds is 2. The van der Waals surface area contributed by atoms with Crippen molar-refractivity contribution in [1.82, 2.24) is 0 Å². The van der Waals surface area contributed by atoms with Crippen LogP contribution in [0.4, 0.5) is 0 Å². The Hall–Kier alpha value is -0.570. The van der Waals surface area contributed by atoms with Crippen molar-refractivity contribution in [2.24, 2.45) is 0 Å². The van der Waals surface area contributed by atoms with Crippen LogP contribution in [-0.2, 0) is 5.33 Å². The third-order valence-corrected chi connectivity index (χ3v) is 1.59. The molecule has 1 aromatic rings. The molecular formula is C6H5BrO2. The average molecular weight is 189 g/mol. The van der Waals surface area contributed by atoms with Crippen molar-refractivity contribution in [3.63, 3.8) is 0 Å². The first-order valence-corrected chi connectivity index (χ1v) is 3.57. The fourth-order valence-corrected chi connectivity index (χ4v) is 0.820. The van der Waals surface area contributed by atoms with Crippen LogP contribution in [0.1, 0.15) is 16.1 Å². The topological polar surface area (TPSA) is 30.2 Å². The van der Waals surface area contributed by atoms with E-state index in [4.69, 9.17) is 4.42 Å². The van der Waals surface area contributed by atoms with Gasteiger partial charge in [0.25, 0.3) is 0 Å². The van der Waals surface area contributed by atoms with Gasteiger partial charge >= 0.3 is 0 Å². The van der Waals surface area contributed by atoms with E-state index in [1.807, 2.05) is 0 Å². The van der Waals surface area contributed by atoms with Crippen molar-refractivity contribution < 1.29 is 9.21 Å². The SMILES string of the molecule is O=Cc1cc(CBr)co1. The molecule has 0 aliphatic rings. The molecule has 0 atom stereocenters. The van der Waals surface area contributed by atoms with E-state index in [0.717, 1.165) is 10.9 Å². The molecule has 1 heterocycles. The van der Waals surface area contributed by atoms with Crippen molar-refractivity contribution in [2.75, 3.05) is 0 Å². The lowest BCUT2D eigenvalue weighted by Crippen LogP contribution is -1.69. The zero-order valence-corrected chi connectivity index (χ0v) is 6.22. The third kappa shape index (κ3) is 1.42.